The lowest BCUT2D eigenvalue weighted by molar-refractivity contribution is -0.137. The summed E-state index contributed by atoms with van der Waals surface area (Å²) in [5, 5.41) is 2.54. The summed E-state index contributed by atoms with van der Waals surface area (Å²) in [7, 11) is 1.37. The molecule has 1 aromatic carbocycles. The summed E-state index contributed by atoms with van der Waals surface area (Å²) in [5.41, 5.74) is 0.00333. The summed E-state index contributed by atoms with van der Waals surface area (Å²) in [4.78, 5) is 13.9. The van der Waals surface area contributed by atoms with E-state index >= 15 is 0 Å². The van der Waals surface area contributed by atoms with Gasteiger partial charge in [0.2, 0.25) is 0 Å². The topological polar surface area (TPSA) is 41.6 Å². The maximum Gasteiger partial charge on any atom is 0.416 e. The second-order valence-corrected chi connectivity index (χ2v) is 5.29. The van der Waals surface area contributed by atoms with Gasteiger partial charge in [0.15, 0.2) is 0 Å². The molecule has 2 rings (SSSR count). The van der Waals surface area contributed by atoms with Gasteiger partial charge in [-0.3, -0.25) is 4.79 Å². The number of hydrogen-bond acceptors (Lipinski definition) is 3. The molecule has 1 fully saturated rings. The second kappa shape index (κ2) is 6.56. The molecule has 0 spiro atoms. The van der Waals surface area contributed by atoms with Gasteiger partial charge in [-0.1, -0.05) is 0 Å². The van der Waals surface area contributed by atoms with Gasteiger partial charge in [0, 0.05) is 20.2 Å². The van der Waals surface area contributed by atoms with Crippen molar-refractivity contribution in [1.29, 1.82) is 0 Å². The third-order valence-corrected chi connectivity index (χ3v) is 3.75. The molecular weight excluding hydrogens is 297 g/mol. The monoisotopic (exact) mass is 316 g/mol. The second-order valence-electron chi connectivity index (χ2n) is 5.29. The first kappa shape index (κ1) is 16.6. The van der Waals surface area contributed by atoms with Gasteiger partial charge in [-0.25, -0.2) is 0 Å². The largest absolute Gasteiger partial charge is 0.416 e. The van der Waals surface area contributed by atoms with Crippen molar-refractivity contribution < 1.29 is 22.7 Å². The van der Waals surface area contributed by atoms with Crippen LogP contribution >= 0.6 is 0 Å². The highest BCUT2D eigenvalue weighted by Gasteiger charge is 2.32. The fraction of sp³-hybridized carbons (Fsp3) is 0.533. The average Bonchev–Trinajstić information content (AvgIpc) is 2.99. The SMILES string of the molecule is COC(C)C(=O)Nc1cc(C(F)(F)F)ccc1N1CCCC1. The van der Waals surface area contributed by atoms with Crippen LogP contribution in [0.4, 0.5) is 24.5 Å². The van der Waals surface area contributed by atoms with Crippen LogP contribution in [0.5, 0.6) is 0 Å². The third-order valence-electron chi connectivity index (χ3n) is 3.75. The van der Waals surface area contributed by atoms with Crippen molar-refractivity contribution in [3.63, 3.8) is 0 Å². The summed E-state index contributed by atoms with van der Waals surface area (Å²) in [6, 6.07) is 3.44. The van der Waals surface area contributed by atoms with Gasteiger partial charge in [0.1, 0.15) is 6.10 Å². The van der Waals surface area contributed by atoms with E-state index in [1.54, 1.807) is 6.92 Å². The molecule has 0 radical (unpaired) electrons. The Balaban J connectivity index is 2.34. The van der Waals surface area contributed by atoms with E-state index in [1.165, 1.54) is 13.2 Å². The lowest BCUT2D eigenvalue weighted by atomic mass is 10.1. The van der Waals surface area contributed by atoms with Crippen molar-refractivity contribution in [2.24, 2.45) is 0 Å². The molecule has 7 heteroatoms. The van der Waals surface area contributed by atoms with E-state index in [-0.39, 0.29) is 5.69 Å². The highest BCUT2D eigenvalue weighted by Crippen LogP contribution is 2.36. The predicted molar refractivity (Wildman–Crippen MR) is 78.0 cm³/mol. The standard InChI is InChI=1S/C15H19F3N2O2/c1-10(22-2)14(21)19-12-9-11(15(16,17)18)5-6-13(12)20-7-3-4-8-20/h5-6,9-10H,3-4,7-8H2,1-2H3,(H,19,21). The van der Waals surface area contributed by atoms with Crippen LogP contribution < -0.4 is 10.2 Å². The van der Waals surface area contributed by atoms with Crippen molar-refractivity contribution in [3.05, 3.63) is 23.8 Å². The fourth-order valence-corrected chi connectivity index (χ4v) is 2.39. The fourth-order valence-electron chi connectivity index (χ4n) is 2.39. The Morgan fingerprint density at radius 3 is 2.50 bits per heavy atom. The van der Waals surface area contributed by atoms with Gasteiger partial charge in [0.25, 0.3) is 5.91 Å². The Labute approximate surface area is 127 Å². The zero-order valence-corrected chi connectivity index (χ0v) is 12.5. The Morgan fingerprint density at radius 2 is 1.95 bits per heavy atom. The molecule has 0 bridgehead atoms. The molecule has 122 valence electrons. The molecule has 0 aromatic heterocycles. The van der Waals surface area contributed by atoms with Gasteiger partial charge in [-0.2, -0.15) is 13.2 Å². The van der Waals surface area contributed by atoms with E-state index in [0.717, 1.165) is 38.1 Å². The number of carbonyl (C=O) groups is 1. The first-order valence-corrected chi connectivity index (χ1v) is 7.13. The predicted octanol–water partition coefficient (Wildman–Crippen LogP) is 3.28. The molecule has 0 saturated carbocycles. The smallest absolute Gasteiger partial charge is 0.372 e. The van der Waals surface area contributed by atoms with E-state index in [2.05, 4.69) is 5.32 Å². The van der Waals surface area contributed by atoms with E-state index < -0.39 is 23.8 Å². The van der Waals surface area contributed by atoms with Gasteiger partial charge in [-0.15, -0.1) is 0 Å². The number of ether oxygens (including phenoxy) is 1. The number of halogens is 3. The van der Waals surface area contributed by atoms with Gasteiger partial charge < -0.3 is 15.0 Å². The van der Waals surface area contributed by atoms with Crippen LogP contribution in [0, 0.1) is 0 Å². The number of rotatable bonds is 4. The van der Waals surface area contributed by atoms with Crippen molar-refractivity contribution in [2.75, 3.05) is 30.4 Å². The lowest BCUT2D eigenvalue weighted by Crippen LogP contribution is -2.28. The van der Waals surface area contributed by atoms with Crippen molar-refractivity contribution in [1.82, 2.24) is 0 Å². The quantitative estimate of drug-likeness (QED) is 0.927. The number of nitrogens with one attached hydrogen (secondary N) is 1. The average molecular weight is 316 g/mol. The molecule has 0 aliphatic carbocycles. The normalized spacial score (nSPS) is 16.7. The molecule has 1 amide bonds. The zero-order chi connectivity index (χ0) is 16.3. The Morgan fingerprint density at radius 1 is 1.32 bits per heavy atom. The Bertz CT molecular complexity index is 540. The third kappa shape index (κ3) is 3.71. The van der Waals surface area contributed by atoms with Gasteiger partial charge >= 0.3 is 6.18 Å². The Hall–Kier alpha value is -1.76. The molecule has 4 nitrogen and oxygen atoms in total. The lowest BCUT2D eigenvalue weighted by Gasteiger charge is -2.23. The molecule has 1 unspecified atom stereocenters. The number of methoxy groups -OCH3 is 1. The zero-order valence-electron chi connectivity index (χ0n) is 12.5. The number of amides is 1. The van der Waals surface area contributed by atoms with Gasteiger partial charge in [-0.05, 0) is 38.0 Å². The summed E-state index contributed by atoms with van der Waals surface area (Å²) in [6.07, 6.45) is -3.21. The van der Waals surface area contributed by atoms with Crippen LogP contribution in [-0.4, -0.2) is 32.2 Å². The summed E-state index contributed by atoms with van der Waals surface area (Å²) in [6.45, 7) is 3.08. The summed E-state index contributed by atoms with van der Waals surface area (Å²) in [5.74, 6) is -0.470. The number of nitrogens with zero attached hydrogens (tertiary/aromatic N) is 1. The molecule has 1 heterocycles. The van der Waals surface area contributed by atoms with Gasteiger partial charge in [0.05, 0.1) is 16.9 Å². The number of carbonyl (C=O) groups excluding carboxylic acids is 1. The highest BCUT2D eigenvalue weighted by molar-refractivity contribution is 5.97. The summed E-state index contributed by atoms with van der Waals surface area (Å²) >= 11 is 0. The first-order chi connectivity index (χ1) is 10.3. The van der Waals surface area contributed by atoms with Crippen LogP contribution in [0.2, 0.25) is 0 Å². The highest BCUT2D eigenvalue weighted by atomic mass is 19.4. The Kier molecular flexibility index (Phi) is 4.95. The van der Waals surface area contributed by atoms with Crippen LogP contribution in [0.3, 0.4) is 0 Å². The van der Waals surface area contributed by atoms with Crippen molar-refractivity contribution in [2.45, 2.75) is 32.0 Å². The van der Waals surface area contributed by atoms with Crippen molar-refractivity contribution in [3.8, 4) is 0 Å². The molecular formula is C15H19F3N2O2. The number of anilines is 2. The van der Waals surface area contributed by atoms with Crippen LogP contribution in [0.25, 0.3) is 0 Å². The van der Waals surface area contributed by atoms with E-state index in [4.69, 9.17) is 4.74 Å². The molecule has 1 N–H and O–H groups in total. The van der Waals surface area contributed by atoms with Crippen molar-refractivity contribution >= 4 is 17.3 Å². The molecule has 1 atom stereocenters. The minimum atomic E-state index is -4.45. The molecule has 1 aromatic rings. The maximum absolute atomic E-state index is 12.9. The minimum Gasteiger partial charge on any atom is -0.372 e. The van der Waals surface area contributed by atoms with E-state index in [9.17, 15) is 18.0 Å². The number of benzene rings is 1. The first-order valence-electron chi connectivity index (χ1n) is 7.13. The maximum atomic E-state index is 12.9. The minimum absolute atomic E-state index is 0.172. The molecule has 1 aliphatic rings. The molecule has 1 aliphatic heterocycles. The molecule has 22 heavy (non-hydrogen) atoms. The van der Waals surface area contributed by atoms with Crippen LogP contribution in [0.15, 0.2) is 18.2 Å². The van der Waals surface area contributed by atoms with E-state index in [1.807, 2.05) is 4.90 Å². The number of alkyl halides is 3. The van der Waals surface area contributed by atoms with E-state index in [0.29, 0.717) is 5.69 Å². The van der Waals surface area contributed by atoms with Crippen LogP contribution in [-0.2, 0) is 15.7 Å². The molecule has 1 saturated heterocycles. The number of hydrogen-bond donors (Lipinski definition) is 1. The van der Waals surface area contributed by atoms with Crippen LogP contribution in [0.1, 0.15) is 25.3 Å². The summed E-state index contributed by atoms with van der Waals surface area (Å²) < 4.78 is 43.6.